The van der Waals surface area contributed by atoms with E-state index >= 15 is 0 Å². The van der Waals surface area contributed by atoms with Gasteiger partial charge in [0.15, 0.2) is 0 Å². The molecule has 5 heteroatoms. The summed E-state index contributed by atoms with van der Waals surface area (Å²) in [7, 11) is 1.75. The van der Waals surface area contributed by atoms with Crippen molar-refractivity contribution in [2.24, 2.45) is 5.92 Å². The number of rotatable bonds is 5. The number of amides is 2. The predicted molar refractivity (Wildman–Crippen MR) is 85.7 cm³/mol. The molecule has 1 fully saturated rings. The van der Waals surface area contributed by atoms with Crippen molar-refractivity contribution in [3.8, 4) is 0 Å². The zero-order valence-corrected chi connectivity index (χ0v) is 13.0. The molecule has 1 aromatic rings. The number of likely N-dealkylation sites (tertiary alicyclic amines) is 1. The summed E-state index contributed by atoms with van der Waals surface area (Å²) in [5, 5.41) is 2.97. The van der Waals surface area contributed by atoms with Crippen molar-refractivity contribution in [3.05, 3.63) is 29.8 Å². The van der Waals surface area contributed by atoms with E-state index in [1.807, 2.05) is 0 Å². The van der Waals surface area contributed by atoms with E-state index in [0.29, 0.717) is 19.5 Å². The van der Waals surface area contributed by atoms with Gasteiger partial charge in [-0.15, -0.1) is 0 Å². The van der Waals surface area contributed by atoms with Gasteiger partial charge in [0.25, 0.3) is 0 Å². The third-order valence-electron chi connectivity index (χ3n) is 4.60. The molecule has 2 aliphatic heterocycles. The highest BCUT2D eigenvalue weighted by atomic mass is 16.2. The zero-order chi connectivity index (χ0) is 15.5. The van der Waals surface area contributed by atoms with E-state index in [4.69, 9.17) is 0 Å². The number of anilines is 1. The Morgan fingerprint density at radius 1 is 1.36 bits per heavy atom. The lowest BCUT2D eigenvalue weighted by molar-refractivity contribution is -0.128. The first-order chi connectivity index (χ1) is 10.6. The number of para-hydroxylation sites is 1. The first-order valence-corrected chi connectivity index (χ1v) is 7.99. The highest BCUT2D eigenvalue weighted by molar-refractivity contribution is 5.89. The smallest absolute Gasteiger partial charge is 0.225 e. The van der Waals surface area contributed by atoms with Crippen LogP contribution in [-0.2, 0) is 16.0 Å². The molecule has 1 N–H and O–H groups in total. The summed E-state index contributed by atoms with van der Waals surface area (Å²) in [6.45, 7) is 3.24. The van der Waals surface area contributed by atoms with E-state index in [1.54, 1.807) is 11.9 Å². The molecular weight excluding hydrogens is 278 g/mol. The third kappa shape index (κ3) is 3.08. The molecule has 5 nitrogen and oxygen atoms in total. The number of hydrogen-bond acceptors (Lipinski definition) is 3. The summed E-state index contributed by atoms with van der Waals surface area (Å²) in [5.74, 6) is -0.0987. The number of nitrogens with zero attached hydrogens (tertiary/aromatic N) is 2. The predicted octanol–water partition coefficient (Wildman–Crippen LogP) is 1.03. The largest absolute Gasteiger partial charge is 0.371 e. The maximum absolute atomic E-state index is 12.0. The third-order valence-corrected chi connectivity index (χ3v) is 4.60. The first kappa shape index (κ1) is 14.9. The van der Waals surface area contributed by atoms with Gasteiger partial charge in [-0.1, -0.05) is 18.2 Å². The molecule has 2 aliphatic rings. The summed E-state index contributed by atoms with van der Waals surface area (Å²) < 4.78 is 0. The van der Waals surface area contributed by atoms with Gasteiger partial charge in [-0.3, -0.25) is 9.59 Å². The van der Waals surface area contributed by atoms with Crippen molar-refractivity contribution in [1.29, 1.82) is 0 Å². The Morgan fingerprint density at radius 3 is 2.95 bits per heavy atom. The van der Waals surface area contributed by atoms with Gasteiger partial charge < -0.3 is 15.1 Å². The van der Waals surface area contributed by atoms with Crippen LogP contribution in [0.4, 0.5) is 5.69 Å². The summed E-state index contributed by atoms with van der Waals surface area (Å²) in [4.78, 5) is 27.5. The van der Waals surface area contributed by atoms with Crippen molar-refractivity contribution in [1.82, 2.24) is 10.2 Å². The monoisotopic (exact) mass is 301 g/mol. The first-order valence-electron chi connectivity index (χ1n) is 7.99. The molecule has 0 radical (unpaired) electrons. The Bertz CT molecular complexity index is 573. The van der Waals surface area contributed by atoms with Crippen molar-refractivity contribution in [2.45, 2.75) is 19.3 Å². The second kappa shape index (κ2) is 6.38. The van der Waals surface area contributed by atoms with Crippen LogP contribution in [0.5, 0.6) is 0 Å². The fourth-order valence-electron chi connectivity index (χ4n) is 3.30. The van der Waals surface area contributed by atoms with Crippen molar-refractivity contribution in [2.75, 3.05) is 38.1 Å². The molecule has 0 bridgehead atoms. The molecule has 3 rings (SSSR count). The standard InChI is InChI=1S/C17H23N3O2/c1-19-12-14(11-16(19)21)17(22)18-8-4-9-20-10-7-13-5-2-3-6-15(13)20/h2-3,5-6,14H,4,7-12H2,1H3,(H,18,22)/t14-/m1/s1. The average Bonchev–Trinajstić information content (AvgIpc) is 3.08. The van der Waals surface area contributed by atoms with Crippen molar-refractivity contribution >= 4 is 17.5 Å². The molecule has 22 heavy (non-hydrogen) atoms. The van der Waals surface area contributed by atoms with Gasteiger partial charge in [-0.05, 0) is 24.5 Å². The van der Waals surface area contributed by atoms with Gasteiger partial charge >= 0.3 is 0 Å². The van der Waals surface area contributed by atoms with Crippen LogP contribution in [0.2, 0.25) is 0 Å². The molecule has 0 aromatic heterocycles. The number of nitrogens with one attached hydrogen (secondary N) is 1. The molecule has 0 saturated carbocycles. The average molecular weight is 301 g/mol. The van der Waals surface area contributed by atoms with Crippen LogP contribution in [0.1, 0.15) is 18.4 Å². The van der Waals surface area contributed by atoms with E-state index in [-0.39, 0.29) is 17.7 Å². The SMILES string of the molecule is CN1C[C@H](C(=O)NCCCN2CCc3ccccc32)CC1=O. The van der Waals surface area contributed by atoms with Crippen LogP contribution < -0.4 is 10.2 Å². The van der Waals surface area contributed by atoms with Gasteiger partial charge in [-0.2, -0.15) is 0 Å². The molecular formula is C17H23N3O2. The molecule has 2 heterocycles. The molecule has 1 saturated heterocycles. The van der Waals surface area contributed by atoms with Crippen molar-refractivity contribution < 1.29 is 9.59 Å². The van der Waals surface area contributed by atoms with Crippen LogP contribution >= 0.6 is 0 Å². The molecule has 0 spiro atoms. The lowest BCUT2D eigenvalue weighted by atomic mass is 10.1. The molecule has 0 unspecified atom stereocenters. The fourth-order valence-corrected chi connectivity index (χ4v) is 3.30. The van der Waals surface area contributed by atoms with Gasteiger partial charge in [-0.25, -0.2) is 0 Å². The lowest BCUT2D eigenvalue weighted by Gasteiger charge is -2.19. The Balaban J connectivity index is 1.40. The van der Waals surface area contributed by atoms with Gasteiger partial charge in [0.05, 0.1) is 5.92 Å². The van der Waals surface area contributed by atoms with Crippen LogP contribution in [0.3, 0.4) is 0 Å². The van der Waals surface area contributed by atoms with E-state index in [0.717, 1.165) is 25.9 Å². The van der Waals surface area contributed by atoms with Crippen LogP contribution in [0.25, 0.3) is 0 Å². The quantitative estimate of drug-likeness (QED) is 0.827. The minimum atomic E-state index is -0.176. The Kier molecular flexibility index (Phi) is 4.32. The van der Waals surface area contributed by atoms with Crippen LogP contribution in [0.15, 0.2) is 24.3 Å². The van der Waals surface area contributed by atoms with E-state index in [9.17, 15) is 9.59 Å². The number of carbonyl (C=O) groups excluding carboxylic acids is 2. The second-order valence-electron chi connectivity index (χ2n) is 6.19. The molecule has 118 valence electrons. The second-order valence-corrected chi connectivity index (χ2v) is 6.19. The molecule has 2 amide bonds. The van der Waals surface area contributed by atoms with Crippen molar-refractivity contribution in [3.63, 3.8) is 0 Å². The Morgan fingerprint density at radius 2 is 2.18 bits per heavy atom. The minimum absolute atomic E-state index is 0.0134. The zero-order valence-electron chi connectivity index (χ0n) is 13.0. The molecule has 1 aromatic carbocycles. The topological polar surface area (TPSA) is 52.7 Å². The maximum atomic E-state index is 12.0. The number of carbonyl (C=O) groups is 2. The lowest BCUT2D eigenvalue weighted by Crippen LogP contribution is -2.34. The van der Waals surface area contributed by atoms with Crippen LogP contribution in [-0.4, -0.2) is 49.9 Å². The maximum Gasteiger partial charge on any atom is 0.225 e. The van der Waals surface area contributed by atoms with Gasteiger partial charge in [0, 0.05) is 45.3 Å². The number of fused-ring (bicyclic) bond motifs is 1. The highest BCUT2D eigenvalue weighted by Crippen LogP contribution is 2.27. The Hall–Kier alpha value is -2.04. The Labute approximate surface area is 131 Å². The van der Waals surface area contributed by atoms with Crippen LogP contribution in [0, 0.1) is 5.92 Å². The molecule has 1 atom stereocenters. The van der Waals surface area contributed by atoms with Gasteiger partial charge in [0.2, 0.25) is 11.8 Å². The van der Waals surface area contributed by atoms with E-state index in [1.165, 1.54) is 11.3 Å². The minimum Gasteiger partial charge on any atom is -0.371 e. The summed E-state index contributed by atoms with van der Waals surface area (Å²) in [5.41, 5.74) is 2.75. The number of benzene rings is 1. The highest BCUT2D eigenvalue weighted by Gasteiger charge is 2.31. The number of hydrogen-bond donors (Lipinski definition) is 1. The fraction of sp³-hybridized carbons (Fsp3) is 0.529. The van der Waals surface area contributed by atoms with E-state index < -0.39 is 0 Å². The van der Waals surface area contributed by atoms with Gasteiger partial charge in [0.1, 0.15) is 0 Å². The summed E-state index contributed by atoms with van der Waals surface area (Å²) >= 11 is 0. The summed E-state index contributed by atoms with van der Waals surface area (Å²) in [6, 6.07) is 8.51. The van der Waals surface area contributed by atoms with E-state index in [2.05, 4.69) is 34.5 Å². The normalized spacial score (nSPS) is 20.4. The summed E-state index contributed by atoms with van der Waals surface area (Å²) in [6.07, 6.45) is 2.39. The molecule has 0 aliphatic carbocycles.